The SMILES string of the molecule is C[C@H](C(=O)NCc1ccc(F)cc1)N1CCN(c2ccccc2F)CC1. The van der Waals surface area contributed by atoms with Crippen molar-refractivity contribution >= 4 is 11.6 Å². The number of carbonyl (C=O) groups excluding carboxylic acids is 1. The molecule has 0 bridgehead atoms. The summed E-state index contributed by atoms with van der Waals surface area (Å²) in [6.07, 6.45) is 0. The van der Waals surface area contributed by atoms with Crippen molar-refractivity contribution in [1.29, 1.82) is 0 Å². The van der Waals surface area contributed by atoms with Gasteiger partial charge in [0.2, 0.25) is 5.91 Å². The molecule has 1 heterocycles. The molecule has 1 fully saturated rings. The number of piperazine rings is 1. The van der Waals surface area contributed by atoms with Gasteiger partial charge in [0.1, 0.15) is 11.6 Å². The van der Waals surface area contributed by atoms with Gasteiger partial charge in [-0.15, -0.1) is 0 Å². The van der Waals surface area contributed by atoms with Crippen LogP contribution in [0.5, 0.6) is 0 Å². The van der Waals surface area contributed by atoms with Gasteiger partial charge in [-0.2, -0.15) is 0 Å². The zero-order valence-corrected chi connectivity index (χ0v) is 14.8. The lowest BCUT2D eigenvalue weighted by Crippen LogP contribution is -2.54. The maximum absolute atomic E-state index is 13.9. The molecule has 0 aromatic heterocycles. The molecule has 6 heteroatoms. The first-order chi connectivity index (χ1) is 12.5. The minimum atomic E-state index is -0.291. The second kappa shape index (κ2) is 8.27. The van der Waals surface area contributed by atoms with E-state index in [1.807, 2.05) is 17.9 Å². The van der Waals surface area contributed by atoms with Gasteiger partial charge in [0.25, 0.3) is 0 Å². The Morgan fingerprint density at radius 2 is 1.69 bits per heavy atom. The molecule has 2 aromatic carbocycles. The Kier molecular flexibility index (Phi) is 5.83. The topological polar surface area (TPSA) is 35.6 Å². The molecule has 4 nitrogen and oxygen atoms in total. The number of hydrogen-bond donors (Lipinski definition) is 1. The van der Waals surface area contributed by atoms with E-state index >= 15 is 0 Å². The monoisotopic (exact) mass is 359 g/mol. The van der Waals surface area contributed by atoms with E-state index in [0.717, 1.165) is 5.56 Å². The molecule has 1 saturated heterocycles. The van der Waals surface area contributed by atoms with Crippen molar-refractivity contribution in [3.8, 4) is 0 Å². The van der Waals surface area contributed by atoms with E-state index in [9.17, 15) is 13.6 Å². The van der Waals surface area contributed by atoms with Crippen molar-refractivity contribution in [1.82, 2.24) is 10.2 Å². The van der Waals surface area contributed by atoms with E-state index in [0.29, 0.717) is 38.4 Å². The highest BCUT2D eigenvalue weighted by molar-refractivity contribution is 5.81. The number of amides is 1. The molecule has 138 valence electrons. The summed E-state index contributed by atoms with van der Waals surface area (Å²) in [7, 11) is 0. The summed E-state index contributed by atoms with van der Waals surface area (Å²) >= 11 is 0. The number of hydrogen-bond acceptors (Lipinski definition) is 3. The summed E-state index contributed by atoms with van der Waals surface area (Å²) in [5.74, 6) is -0.569. The van der Waals surface area contributed by atoms with Crippen molar-refractivity contribution in [2.24, 2.45) is 0 Å². The minimum Gasteiger partial charge on any atom is -0.367 e. The van der Waals surface area contributed by atoms with Gasteiger partial charge in [-0.1, -0.05) is 24.3 Å². The van der Waals surface area contributed by atoms with Crippen LogP contribution in [0, 0.1) is 11.6 Å². The molecule has 3 rings (SSSR count). The zero-order chi connectivity index (χ0) is 18.5. The third-order valence-corrected chi connectivity index (χ3v) is 4.81. The fraction of sp³-hybridized carbons (Fsp3) is 0.350. The van der Waals surface area contributed by atoms with Gasteiger partial charge in [-0.25, -0.2) is 8.78 Å². The van der Waals surface area contributed by atoms with E-state index in [1.54, 1.807) is 24.3 Å². The molecule has 1 atom stereocenters. The second-order valence-electron chi connectivity index (χ2n) is 6.49. The largest absolute Gasteiger partial charge is 0.367 e. The number of nitrogens with one attached hydrogen (secondary N) is 1. The first kappa shape index (κ1) is 18.3. The molecule has 1 amide bonds. The Balaban J connectivity index is 1.49. The molecule has 26 heavy (non-hydrogen) atoms. The van der Waals surface area contributed by atoms with Gasteiger partial charge in [0, 0.05) is 32.7 Å². The molecule has 1 N–H and O–H groups in total. The molecular formula is C20H23F2N3O. The fourth-order valence-electron chi connectivity index (χ4n) is 3.16. The van der Waals surface area contributed by atoms with Crippen molar-refractivity contribution < 1.29 is 13.6 Å². The van der Waals surface area contributed by atoms with Crippen molar-refractivity contribution in [3.05, 3.63) is 65.7 Å². The third kappa shape index (κ3) is 4.38. The van der Waals surface area contributed by atoms with Crippen LogP contribution in [0.25, 0.3) is 0 Å². The summed E-state index contributed by atoms with van der Waals surface area (Å²) in [5.41, 5.74) is 1.47. The average molecular weight is 359 g/mol. The molecule has 0 saturated carbocycles. The number of nitrogens with zero attached hydrogens (tertiary/aromatic N) is 2. The first-order valence-electron chi connectivity index (χ1n) is 8.80. The van der Waals surface area contributed by atoms with Crippen LogP contribution in [-0.2, 0) is 11.3 Å². The van der Waals surface area contributed by atoms with Crippen LogP contribution in [0.4, 0.5) is 14.5 Å². The molecular weight excluding hydrogens is 336 g/mol. The molecule has 0 aliphatic carbocycles. The Morgan fingerprint density at radius 3 is 2.35 bits per heavy atom. The summed E-state index contributed by atoms with van der Waals surface area (Å²) in [4.78, 5) is 16.5. The van der Waals surface area contributed by atoms with Crippen molar-refractivity contribution in [2.75, 3.05) is 31.1 Å². The number of rotatable bonds is 5. The normalized spacial score (nSPS) is 16.3. The van der Waals surface area contributed by atoms with Crippen LogP contribution in [-0.4, -0.2) is 43.0 Å². The number of halogens is 2. The van der Waals surface area contributed by atoms with E-state index in [2.05, 4.69) is 10.2 Å². The minimum absolute atomic E-state index is 0.0614. The van der Waals surface area contributed by atoms with Gasteiger partial charge in [-0.05, 0) is 36.8 Å². The quantitative estimate of drug-likeness (QED) is 0.892. The van der Waals surface area contributed by atoms with Crippen LogP contribution in [0.2, 0.25) is 0 Å². The fourth-order valence-corrected chi connectivity index (χ4v) is 3.16. The van der Waals surface area contributed by atoms with Gasteiger partial charge < -0.3 is 10.2 Å². The van der Waals surface area contributed by atoms with E-state index < -0.39 is 0 Å². The highest BCUT2D eigenvalue weighted by Crippen LogP contribution is 2.20. The highest BCUT2D eigenvalue weighted by atomic mass is 19.1. The Bertz CT molecular complexity index is 743. The second-order valence-corrected chi connectivity index (χ2v) is 6.49. The molecule has 0 spiro atoms. The smallest absolute Gasteiger partial charge is 0.237 e. The third-order valence-electron chi connectivity index (χ3n) is 4.81. The summed E-state index contributed by atoms with van der Waals surface area (Å²) in [5, 5.41) is 2.89. The van der Waals surface area contributed by atoms with Gasteiger partial charge in [0.05, 0.1) is 11.7 Å². The lowest BCUT2D eigenvalue weighted by Gasteiger charge is -2.38. The maximum Gasteiger partial charge on any atom is 0.237 e. The lowest BCUT2D eigenvalue weighted by atomic mass is 10.1. The standard InChI is InChI=1S/C20H23F2N3O/c1-15(20(26)23-14-16-6-8-17(21)9-7-16)24-10-12-25(13-11-24)19-5-3-2-4-18(19)22/h2-9,15H,10-14H2,1H3,(H,23,26)/t15-/m1/s1. The van der Waals surface area contributed by atoms with Crippen LogP contribution in [0.15, 0.2) is 48.5 Å². The summed E-state index contributed by atoms with van der Waals surface area (Å²) in [6.45, 7) is 4.99. The molecule has 1 aliphatic heterocycles. The number of anilines is 1. The lowest BCUT2D eigenvalue weighted by molar-refractivity contribution is -0.126. The first-order valence-corrected chi connectivity index (χ1v) is 8.80. The van der Waals surface area contributed by atoms with Crippen LogP contribution in [0.3, 0.4) is 0 Å². The van der Waals surface area contributed by atoms with Crippen LogP contribution < -0.4 is 10.2 Å². The van der Waals surface area contributed by atoms with Gasteiger partial charge >= 0.3 is 0 Å². The predicted octanol–water partition coefficient (Wildman–Crippen LogP) is 2.79. The Labute approximate surface area is 152 Å². The maximum atomic E-state index is 13.9. The Hall–Kier alpha value is -2.47. The van der Waals surface area contributed by atoms with E-state index in [-0.39, 0.29) is 23.6 Å². The highest BCUT2D eigenvalue weighted by Gasteiger charge is 2.26. The zero-order valence-electron chi connectivity index (χ0n) is 14.8. The number of benzene rings is 2. The number of carbonyl (C=O) groups is 1. The summed E-state index contributed by atoms with van der Waals surface area (Å²) < 4.78 is 26.8. The van der Waals surface area contributed by atoms with Gasteiger partial charge in [0.15, 0.2) is 0 Å². The van der Waals surface area contributed by atoms with Crippen LogP contribution in [0.1, 0.15) is 12.5 Å². The molecule has 0 radical (unpaired) electrons. The predicted molar refractivity (Wildman–Crippen MR) is 97.9 cm³/mol. The number of para-hydroxylation sites is 1. The molecule has 2 aromatic rings. The van der Waals surface area contributed by atoms with Gasteiger partial charge in [-0.3, -0.25) is 9.69 Å². The molecule has 1 aliphatic rings. The average Bonchev–Trinajstić information content (AvgIpc) is 2.67. The van der Waals surface area contributed by atoms with Crippen LogP contribution >= 0.6 is 0 Å². The van der Waals surface area contributed by atoms with E-state index in [1.165, 1.54) is 18.2 Å². The summed E-state index contributed by atoms with van der Waals surface area (Å²) in [6, 6.07) is 12.6. The van der Waals surface area contributed by atoms with Crippen molar-refractivity contribution in [3.63, 3.8) is 0 Å². The Morgan fingerprint density at radius 1 is 1.04 bits per heavy atom. The molecule has 0 unspecified atom stereocenters. The van der Waals surface area contributed by atoms with Crippen molar-refractivity contribution in [2.45, 2.75) is 19.5 Å². The van der Waals surface area contributed by atoms with E-state index in [4.69, 9.17) is 0 Å².